The number of aliphatic hydroxyl groups excluding tert-OH is 1. The molecule has 1 aliphatic heterocycles. The van der Waals surface area contributed by atoms with E-state index in [-0.39, 0.29) is 18.4 Å². The summed E-state index contributed by atoms with van der Waals surface area (Å²) in [7, 11) is 1.79. The van der Waals surface area contributed by atoms with Crippen molar-refractivity contribution in [3.8, 4) is 0 Å². The number of hydrogen-bond acceptors (Lipinski definition) is 3. The number of amides is 1. The van der Waals surface area contributed by atoms with Crippen molar-refractivity contribution in [3.63, 3.8) is 0 Å². The fourth-order valence-corrected chi connectivity index (χ4v) is 1.91. The van der Waals surface area contributed by atoms with Crippen molar-refractivity contribution < 1.29 is 9.90 Å². The largest absolute Gasteiger partial charge is 0.396 e. The van der Waals surface area contributed by atoms with Crippen LogP contribution < -0.4 is 0 Å². The molecule has 1 aromatic rings. The molecule has 1 aliphatic rings. The molecule has 16 heavy (non-hydrogen) atoms. The highest BCUT2D eigenvalue weighted by atomic mass is 16.3. The van der Waals surface area contributed by atoms with Gasteiger partial charge in [-0.05, 0) is 12.5 Å². The minimum Gasteiger partial charge on any atom is -0.396 e. The predicted octanol–water partition coefficient (Wildman–Crippen LogP) is 0.0468. The van der Waals surface area contributed by atoms with Crippen LogP contribution >= 0.6 is 0 Å². The van der Waals surface area contributed by atoms with Gasteiger partial charge in [0.15, 0.2) is 0 Å². The van der Waals surface area contributed by atoms with Gasteiger partial charge < -0.3 is 10.0 Å². The second-order valence-corrected chi connectivity index (χ2v) is 4.26. The van der Waals surface area contributed by atoms with Gasteiger partial charge in [0.25, 0.3) is 5.91 Å². The highest BCUT2D eigenvalue weighted by Gasteiger charge is 2.31. The molecule has 88 valence electrons. The van der Waals surface area contributed by atoms with Crippen LogP contribution in [0.1, 0.15) is 23.1 Å². The highest BCUT2D eigenvalue weighted by Crippen LogP contribution is 2.18. The van der Waals surface area contributed by atoms with E-state index in [4.69, 9.17) is 5.11 Å². The molecule has 2 rings (SSSR count). The van der Waals surface area contributed by atoms with Crippen LogP contribution in [0, 0.1) is 5.92 Å². The molecule has 0 atom stereocenters. The molecule has 1 fully saturated rings. The van der Waals surface area contributed by atoms with Crippen LogP contribution in [0.3, 0.4) is 0 Å². The van der Waals surface area contributed by atoms with Crippen LogP contribution in [0.4, 0.5) is 0 Å². The maximum atomic E-state index is 12.0. The van der Waals surface area contributed by atoms with Gasteiger partial charge in [0.2, 0.25) is 0 Å². The van der Waals surface area contributed by atoms with E-state index < -0.39 is 0 Å². The number of nitrogens with zero attached hydrogens (tertiary/aromatic N) is 3. The number of aromatic nitrogens is 2. The lowest BCUT2D eigenvalue weighted by molar-refractivity contribution is 0.0352. The van der Waals surface area contributed by atoms with Gasteiger partial charge in [-0.3, -0.25) is 9.48 Å². The number of carbonyl (C=O) groups excluding carboxylic acids is 1. The first kappa shape index (κ1) is 11.1. The molecule has 1 N–H and O–H groups in total. The average Bonchev–Trinajstić information content (AvgIpc) is 2.58. The van der Waals surface area contributed by atoms with Gasteiger partial charge in [-0.25, -0.2) is 0 Å². The normalized spacial score (nSPS) is 16.3. The minimum absolute atomic E-state index is 0.0133. The van der Waals surface area contributed by atoms with E-state index in [0.717, 1.165) is 12.1 Å². The number of aryl methyl sites for hydroxylation is 2. The summed E-state index contributed by atoms with van der Waals surface area (Å²) in [5.41, 5.74) is 1.57. The Kier molecular flexibility index (Phi) is 2.96. The van der Waals surface area contributed by atoms with E-state index in [1.165, 1.54) is 0 Å². The third kappa shape index (κ3) is 1.82. The van der Waals surface area contributed by atoms with Crippen molar-refractivity contribution >= 4 is 5.91 Å². The monoisotopic (exact) mass is 223 g/mol. The second kappa shape index (κ2) is 4.25. The van der Waals surface area contributed by atoms with Crippen LogP contribution in [0.2, 0.25) is 0 Å². The maximum absolute atomic E-state index is 12.0. The van der Waals surface area contributed by atoms with Crippen molar-refractivity contribution in [2.45, 2.75) is 13.3 Å². The summed E-state index contributed by atoms with van der Waals surface area (Å²) >= 11 is 0. The average molecular weight is 223 g/mol. The van der Waals surface area contributed by atoms with Crippen LogP contribution in [0.15, 0.2) is 6.07 Å². The SMILES string of the molecule is CCc1cc(C(=O)N2CC(CO)C2)n(C)n1. The molecular weight excluding hydrogens is 206 g/mol. The third-order valence-electron chi connectivity index (χ3n) is 3.01. The molecule has 0 radical (unpaired) electrons. The first-order valence-corrected chi connectivity index (χ1v) is 5.58. The fourth-order valence-electron chi connectivity index (χ4n) is 1.91. The lowest BCUT2D eigenvalue weighted by Crippen LogP contribution is -2.51. The van der Waals surface area contributed by atoms with Gasteiger partial charge in [0, 0.05) is 32.7 Å². The van der Waals surface area contributed by atoms with Crippen molar-refractivity contribution in [1.29, 1.82) is 0 Å². The van der Waals surface area contributed by atoms with Gasteiger partial charge in [-0.15, -0.1) is 0 Å². The molecule has 0 unspecified atom stereocenters. The Morgan fingerprint density at radius 1 is 1.62 bits per heavy atom. The maximum Gasteiger partial charge on any atom is 0.272 e. The standard InChI is InChI=1S/C11H17N3O2/c1-3-9-4-10(13(2)12-9)11(16)14-5-8(6-14)7-15/h4,8,15H,3,5-7H2,1-2H3. The molecular formula is C11H17N3O2. The second-order valence-electron chi connectivity index (χ2n) is 4.26. The molecule has 5 nitrogen and oxygen atoms in total. The summed E-state index contributed by atoms with van der Waals surface area (Å²) < 4.78 is 1.63. The van der Waals surface area contributed by atoms with Gasteiger partial charge >= 0.3 is 0 Å². The number of carbonyl (C=O) groups is 1. The van der Waals surface area contributed by atoms with Crippen molar-refractivity contribution in [2.75, 3.05) is 19.7 Å². The topological polar surface area (TPSA) is 58.4 Å². The molecule has 1 aromatic heterocycles. The first-order chi connectivity index (χ1) is 7.65. The summed E-state index contributed by atoms with van der Waals surface area (Å²) in [6.45, 7) is 3.49. The lowest BCUT2D eigenvalue weighted by Gasteiger charge is -2.38. The quantitative estimate of drug-likeness (QED) is 0.787. The minimum atomic E-state index is 0.0133. The van der Waals surface area contributed by atoms with Crippen molar-refractivity contribution in [3.05, 3.63) is 17.5 Å². The zero-order valence-electron chi connectivity index (χ0n) is 9.68. The van der Waals surface area contributed by atoms with E-state index in [1.807, 2.05) is 13.0 Å². The molecule has 0 saturated carbocycles. The Morgan fingerprint density at radius 2 is 2.31 bits per heavy atom. The summed E-state index contributed by atoms with van der Waals surface area (Å²) in [6, 6.07) is 1.84. The van der Waals surface area contributed by atoms with E-state index in [2.05, 4.69) is 5.10 Å². The zero-order valence-corrected chi connectivity index (χ0v) is 9.68. The van der Waals surface area contributed by atoms with Crippen LogP contribution in [0.5, 0.6) is 0 Å². The molecule has 0 bridgehead atoms. The van der Waals surface area contributed by atoms with Gasteiger partial charge in [-0.2, -0.15) is 5.10 Å². The molecule has 0 aromatic carbocycles. The van der Waals surface area contributed by atoms with E-state index in [9.17, 15) is 4.79 Å². The van der Waals surface area contributed by atoms with E-state index in [0.29, 0.717) is 18.8 Å². The first-order valence-electron chi connectivity index (χ1n) is 5.58. The smallest absolute Gasteiger partial charge is 0.272 e. The summed E-state index contributed by atoms with van der Waals surface area (Å²) in [5.74, 6) is 0.266. The Balaban J connectivity index is 2.07. The Labute approximate surface area is 94.7 Å². The molecule has 5 heteroatoms. The lowest BCUT2D eigenvalue weighted by atomic mass is 10.0. The summed E-state index contributed by atoms with van der Waals surface area (Å²) in [6.07, 6.45) is 0.834. The van der Waals surface area contributed by atoms with Gasteiger partial charge in [0.05, 0.1) is 5.69 Å². The molecule has 1 saturated heterocycles. The van der Waals surface area contributed by atoms with Crippen molar-refractivity contribution in [2.24, 2.45) is 13.0 Å². The Bertz CT molecular complexity index is 394. The predicted molar refractivity (Wildman–Crippen MR) is 59.1 cm³/mol. The number of hydrogen-bond donors (Lipinski definition) is 1. The third-order valence-corrected chi connectivity index (χ3v) is 3.01. The van der Waals surface area contributed by atoms with E-state index >= 15 is 0 Å². The van der Waals surface area contributed by atoms with Crippen LogP contribution in [-0.2, 0) is 13.5 Å². The number of aliphatic hydroxyl groups is 1. The van der Waals surface area contributed by atoms with Crippen LogP contribution in [0.25, 0.3) is 0 Å². The summed E-state index contributed by atoms with van der Waals surface area (Å²) in [5, 5.41) is 13.1. The number of likely N-dealkylation sites (tertiary alicyclic amines) is 1. The molecule has 0 aliphatic carbocycles. The highest BCUT2D eigenvalue weighted by molar-refractivity contribution is 5.93. The zero-order chi connectivity index (χ0) is 11.7. The van der Waals surface area contributed by atoms with Crippen molar-refractivity contribution in [1.82, 2.24) is 14.7 Å². The van der Waals surface area contributed by atoms with Gasteiger partial charge in [-0.1, -0.05) is 6.92 Å². The number of rotatable bonds is 3. The Hall–Kier alpha value is -1.36. The fraction of sp³-hybridized carbons (Fsp3) is 0.636. The Morgan fingerprint density at radius 3 is 2.81 bits per heavy atom. The van der Waals surface area contributed by atoms with Gasteiger partial charge in [0.1, 0.15) is 5.69 Å². The summed E-state index contributed by atoms with van der Waals surface area (Å²) in [4.78, 5) is 13.8. The molecule has 1 amide bonds. The molecule has 2 heterocycles. The molecule has 0 spiro atoms. The van der Waals surface area contributed by atoms with Crippen LogP contribution in [-0.4, -0.2) is 45.4 Å². The van der Waals surface area contributed by atoms with E-state index in [1.54, 1.807) is 16.6 Å².